The average Bonchev–Trinajstić information content (AvgIpc) is 2.26. The molecule has 0 aromatic heterocycles. The van der Waals surface area contributed by atoms with Crippen molar-refractivity contribution in [2.45, 2.75) is 0 Å². The Morgan fingerprint density at radius 2 is 1.50 bits per heavy atom. The Kier molecular flexibility index (Phi) is 2.56. The number of fused-ring (bicyclic) bond motifs is 1. The van der Waals surface area contributed by atoms with Gasteiger partial charge in [0.15, 0.2) is 0 Å². The molecule has 1 aliphatic carbocycles. The SMILES string of the molecule is CN(C)C1=C(Cl)C(=O)c2ccccc2C1=O. The number of hydrogen-bond acceptors (Lipinski definition) is 3. The molecule has 1 aliphatic rings. The highest BCUT2D eigenvalue weighted by Crippen LogP contribution is 2.29. The lowest BCUT2D eigenvalue weighted by atomic mass is 9.92. The molecule has 0 fully saturated rings. The van der Waals surface area contributed by atoms with Crippen LogP contribution in [-0.4, -0.2) is 30.6 Å². The number of Topliss-reactive ketones (excluding diaryl/α,β-unsaturated/α-hetero) is 2. The van der Waals surface area contributed by atoms with E-state index in [0.29, 0.717) is 11.1 Å². The van der Waals surface area contributed by atoms with E-state index in [1.165, 1.54) is 0 Å². The number of carbonyl (C=O) groups excluding carboxylic acids is 2. The second-order valence-corrected chi connectivity index (χ2v) is 4.14. The minimum absolute atomic E-state index is 0.00583. The summed E-state index contributed by atoms with van der Waals surface area (Å²) in [6.45, 7) is 0. The molecular weight excluding hydrogens is 226 g/mol. The Balaban J connectivity index is 2.68. The van der Waals surface area contributed by atoms with Crippen LogP contribution in [0.1, 0.15) is 20.7 Å². The van der Waals surface area contributed by atoms with Crippen molar-refractivity contribution in [3.05, 3.63) is 46.1 Å². The summed E-state index contributed by atoms with van der Waals surface area (Å²) in [7, 11) is 3.38. The van der Waals surface area contributed by atoms with Crippen LogP contribution < -0.4 is 0 Å². The second-order valence-electron chi connectivity index (χ2n) is 3.76. The van der Waals surface area contributed by atoms with Crippen molar-refractivity contribution in [1.82, 2.24) is 4.90 Å². The molecule has 0 heterocycles. The molecular formula is C12H10ClNO2. The third-order valence-electron chi connectivity index (χ3n) is 2.49. The van der Waals surface area contributed by atoms with Crippen LogP contribution in [0.3, 0.4) is 0 Å². The molecule has 0 radical (unpaired) electrons. The standard InChI is InChI=1S/C12H10ClNO2/c1-14(2)10-9(13)11(15)7-5-3-4-6-8(7)12(10)16/h3-6H,1-2H3. The van der Waals surface area contributed by atoms with E-state index in [1.807, 2.05) is 0 Å². The first-order chi connectivity index (χ1) is 7.54. The normalized spacial score (nSPS) is 15.2. The maximum Gasteiger partial charge on any atom is 0.211 e. The molecule has 0 bridgehead atoms. The van der Waals surface area contributed by atoms with Gasteiger partial charge in [-0.25, -0.2) is 0 Å². The van der Waals surface area contributed by atoms with Crippen LogP contribution >= 0.6 is 11.6 Å². The first kappa shape index (κ1) is 10.9. The molecule has 0 unspecified atom stereocenters. The van der Waals surface area contributed by atoms with Crippen molar-refractivity contribution in [2.24, 2.45) is 0 Å². The zero-order chi connectivity index (χ0) is 11.9. The monoisotopic (exact) mass is 235 g/mol. The number of allylic oxidation sites excluding steroid dienone is 2. The highest BCUT2D eigenvalue weighted by Gasteiger charge is 2.31. The lowest BCUT2D eigenvalue weighted by molar-refractivity contribution is 0.0959. The van der Waals surface area contributed by atoms with Gasteiger partial charge in [0.05, 0.1) is 0 Å². The minimum atomic E-state index is -0.291. The van der Waals surface area contributed by atoms with Gasteiger partial charge in [-0.3, -0.25) is 9.59 Å². The topological polar surface area (TPSA) is 37.4 Å². The number of halogens is 1. The van der Waals surface area contributed by atoms with Gasteiger partial charge in [0.1, 0.15) is 10.7 Å². The van der Waals surface area contributed by atoms with Crippen LogP contribution in [0.2, 0.25) is 0 Å². The van der Waals surface area contributed by atoms with E-state index >= 15 is 0 Å². The van der Waals surface area contributed by atoms with E-state index in [-0.39, 0.29) is 22.3 Å². The minimum Gasteiger partial charge on any atom is -0.373 e. The fraction of sp³-hybridized carbons (Fsp3) is 0.167. The summed E-state index contributed by atoms with van der Waals surface area (Å²) >= 11 is 5.92. The highest BCUT2D eigenvalue weighted by atomic mass is 35.5. The van der Waals surface area contributed by atoms with Crippen LogP contribution in [0.25, 0.3) is 0 Å². The average molecular weight is 236 g/mol. The fourth-order valence-corrected chi connectivity index (χ4v) is 2.09. The zero-order valence-corrected chi connectivity index (χ0v) is 9.71. The van der Waals surface area contributed by atoms with Gasteiger partial charge in [0.2, 0.25) is 11.6 Å². The second kappa shape index (κ2) is 3.76. The summed E-state index contributed by atoms with van der Waals surface area (Å²) in [5, 5.41) is -0.00583. The zero-order valence-electron chi connectivity index (χ0n) is 8.95. The maximum atomic E-state index is 12.1. The molecule has 0 N–H and O–H groups in total. The number of nitrogens with zero attached hydrogens (tertiary/aromatic N) is 1. The first-order valence-corrected chi connectivity index (χ1v) is 5.17. The molecule has 3 nitrogen and oxygen atoms in total. The van der Waals surface area contributed by atoms with E-state index < -0.39 is 0 Å². The quantitative estimate of drug-likeness (QED) is 0.748. The largest absolute Gasteiger partial charge is 0.373 e. The number of benzene rings is 1. The van der Waals surface area contributed by atoms with Crippen molar-refractivity contribution < 1.29 is 9.59 Å². The van der Waals surface area contributed by atoms with Crippen LogP contribution in [0.15, 0.2) is 35.0 Å². The predicted molar refractivity (Wildman–Crippen MR) is 61.7 cm³/mol. The molecule has 0 atom stereocenters. The van der Waals surface area contributed by atoms with Gasteiger partial charge in [-0.2, -0.15) is 0 Å². The fourth-order valence-electron chi connectivity index (χ4n) is 1.73. The van der Waals surface area contributed by atoms with Crippen molar-refractivity contribution in [1.29, 1.82) is 0 Å². The Bertz CT molecular complexity index is 518. The van der Waals surface area contributed by atoms with Crippen molar-refractivity contribution in [3.8, 4) is 0 Å². The molecule has 4 heteroatoms. The van der Waals surface area contributed by atoms with Gasteiger partial charge < -0.3 is 4.90 Å². The molecule has 0 aliphatic heterocycles. The van der Waals surface area contributed by atoms with Gasteiger partial charge >= 0.3 is 0 Å². The van der Waals surface area contributed by atoms with E-state index in [9.17, 15) is 9.59 Å². The number of rotatable bonds is 1. The van der Waals surface area contributed by atoms with Crippen LogP contribution in [0, 0.1) is 0 Å². The molecule has 1 aromatic rings. The van der Waals surface area contributed by atoms with Gasteiger partial charge in [-0.1, -0.05) is 35.9 Å². The third-order valence-corrected chi connectivity index (χ3v) is 2.84. The van der Waals surface area contributed by atoms with Gasteiger partial charge in [-0.05, 0) is 0 Å². The van der Waals surface area contributed by atoms with Crippen molar-refractivity contribution >= 4 is 23.2 Å². The van der Waals surface area contributed by atoms with Gasteiger partial charge in [-0.15, -0.1) is 0 Å². The van der Waals surface area contributed by atoms with Gasteiger partial charge in [0.25, 0.3) is 0 Å². The number of likely N-dealkylation sites (N-methyl/N-ethyl adjacent to an activating group) is 1. The van der Waals surface area contributed by atoms with Crippen molar-refractivity contribution in [3.63, 3.8) is 0 Å². The summed E-state index contributed by atoms with van der Waals surface area (Å²) in [6.07, 6.45) is 0. The number of carbonyl (C=O) groups is 2. The van der Waals surface area contributed by atoms with Crippen LogP contribution in [0.5, 0.6) is 0 Å². The van der Waals surface area contributed by atoms with E-state index in [0.717, 1.165) is 0 Å². The Morgan fingerprint density at radius 1 is 1.00 bits per heavy atom. The molecule has 2 rings (SSSR count). The van der Waals surface area contributed by atoms with E-state index in [1.54, 1.807) is 43.3 Å². The number of hydrogen-bond donors (Lipinski definition) is 0. The molecule has 16 heavy (non-hydrogen) atoms. The molecule has 0 amide bonds. The smallest absolute Gasteiger partial charge is 0.211 e. The first-order valence-electron chi connectivity index (χ1n) is 4.79. The Hall–Kier alpha value is -1.61. The Labute approximate surface area is 98.3 Å². The molecule has 1 aromatic carbocycles. The van der Waals surface area contributed by atoms with Crippen LogP contribution in [0.4, 0.5) is 0 Å². The summed E-state index contributed by atoms with van der Waals surface area (Å²) in [6, 6.07) is 6.71. The maximum absolute atomic E-state index is 12.1. The summed E-state index contributed by atoms with van der Waals surface area (Å²) in [5.74, 6) is -0.495. The van der Waals surface area contributed by atoms with Crippen LogP contribution in [-0.2, 0) is 0 Å². The number of ketones is 2. The molecule has 82 valence electrons. The highest BCUT2D eigenvalue weighted by molar-refractivity contribution is 6.49. The molecule has 0 saturated heterocycles. The summed E-state index contributed by atoms with van der Waals surface area (Å²) < 4.78 is 0. The lowest BCUT2D eigenvalue weighted by Gasteiger charge is -2.22. The van der Waals surface area contributed by atoms with Gasteiger partial charge in [0, 0.05) is 25.2 Å². The molecule has 0 saturated carbocycles. The van der Waals surface area contributed by atoms with E-state index in [4.69, 9.17) is 11.6 Å². The third kappa shape index (κ3) is 1.44. The lowest BCUT2D eigenvalue weighted by Crippen LogP contribution is -2.28. The Morgan fingerprint density at radius 3 is 2.00 bits per heavy atom. The summed E-state index contributed by atoms with van der Waals surface area (Å²) in [5.41, 5.74) is 1.05. The predicted octanol–water partition coefficient (Wildman–Crippen LogP) is 2.08. The summed E-state index contributed by atoms with van der Waals surface area (Å²) in [4.78, 5) is 25.6. The van der Waals surface area contributed by atoms with Crippen molar-refractivity contribution in [2.75, 3.05) is 14.1 Å². The molecule has 0 spiro atoms. The van der Waals surface area contributed by atoms with E-state index in [2.05, 4.69) is 0 Å².